The van der Waals surface area contributed by atoms with Gasteiger partial charge in [-0.1, -0.05) is 0 Å². The maximum absolute atomic E-state index is 12.9. The summed E-state index contributed by atoms with van der Waals surface area (Å²) in [4.78, 5) is 23.6. The summed E-state index contributed by atoms with van der Waals surface area (Å²) in [6, 6.07) is 11.5. The second kappa shape index (κ2) is 10.2. The fourth-order valence-corrected chi connectivity index (χ4v) is 3.85. The SMILES string of the molecule is CC(C)(C)OC(=O)COc1ccc(S(=O)(=O)c2ccc(OCC(=O)OC(C)(C)C)cc2)cc1. The minimum absolute atomic E-state index is 0.0644. The standard InChI is InChI=1S/C24H30O8S/c1-23(2,3)31-21(25)15-29-17-7-11-19(12-8-17)33(27,28)20-13-9-18(10-14-20)30-16-22(26)32-24(4,5)6/h7-14H,15-16H2,1-6H3. The van der Waals surface area contributed by atoms with E-state index >= 15 is 0 Å². The zero-order valence-corrected chi connectivity index (χ0v) is 20.5. The number of sulfone groups is 1. The van der Waals surface area contributed by atoms with Crippen LogP contribution in [0.5, 0.6) is 11.5 Å². The predicted molar refractivity (Wildman–Crippen MR) is 121 cm³/mol. The largest absolute Gasteiger partial charge is 0.482 e. The van der Waals surface area contributed by atoms with Crippen molar-refractivity contribution in [3.63, 3.8) is 0 Å². The molecule has 180 valence electrons. The van der Waals surface area contributed by atoms with Crippen LogP contribution in [0.15, 0.2) is 58.3 Å². The van der Waals surface area contributed by atoms with Gasteiger partial charge in [-0.25, -0.2) is 18.0 Å². The Morgan fingerprint density at radius 3 is 1.21 bits per heavy atom. The first-order valence-electron chi connectivity index (χ1n) is 10.3. The number of hydrogen-bond acceptors (Lipinski definition) is 8. The molecule has 8 nitrogen and oxygen atoms in total. The van der Waals surface area contributed by atoms with Gasteiger partial charge in [-0.2, -0.15) is 0 Å². The predicted octanol–water partition coefficient (Wildman–Crippen LogP) is 3.96. The third kappa shape index (κ3) is 8.76. The molecule has 0 unspecified atom stereocenters. The number of carbonyl (C=O) groups is 2. The van der Waals surface area contributed by atoms with Crippen LogP contribution in [-0.4, -0.2) is 44.8 Å². The van der Waals surface area contributed by atoms with E-state index in [0.717, 1.165) is 0 Å². The summed E-state index contributed by atoms with van der Waals surface area (Å²) in [5, 5.41) is 0. The van der Waals surface area contributed by atoms with E-state index in [-0.39, 0.29) is 23.0 Å². The molecule has 0 atom stereocenters. The molecule has 0 heterocycles. The van der Waals surface area contributed by atoms with Gasteiger partial charge in [-0.3, -0.25) is 0 Å². The Morgan fingerprint density at radius 2 is 0.939 bits per heavy atom. The normalized spacial score (nSPS) is 12.1. The molecular formula is C24H30O8S. The molecule has 0 radical (unpaired) electrons. The molecule has 0 saturated carbocycles. The van der Waals surface area contributed by atoms with Gasteiger partial charge in [-0.15, -0.1) is 0 Å². The lowest BCUT2D eigenvalue weighted by molar-refractivity contribution is -0.158. The Balaban J connectivity index is 1.99. The molecule has 0 fully saturated rings. The molecule has 2 rings (SSSR count). The zero-order chi connectivity index (χ0) is 24.9. The number of ether oxygens (including phenoxy) is 4. The van der Waals surface area contributed by atoms with Crippen molar-refractivity contribution in [2.45, 2.75) is 62.5 Å². The maximum atomic E-state index is 12.9. The second-order valence-corrected chi connectivity index (χ2v) is 11.1. The molecule has 2 aromatic carbocycles. The molecule has 9 heteroatoms. The second-order valence-electron chi connectivity index (χ2n) is 9.20. The molecule has 2 aromatic rings. The number of benzene rings is 2. The van der Waals surface area contributed by atoms with Crippen molar-refractivity contribution in [1.29, 1.82) is 0 Å². The van der Waals surface area contributed by atoms with E-state index in [0.29, 0.717) is 11.5 Å². The minimum Gasteiger partial charge on any atom is -0.482 e. The molecule has 0 bridgehead atoms. The van der Waals surface area contributed by atoms with Crippen LogP contribution in [0.3, 0.4) is 0 Å². The summed E-state index contributed by atoms with van der Waals surface area (Å²) in [5.74, 6) is -0.363. The summed E-state index contributed by atoms with van der Waals surface area (Å²) < 4.78 is 46.8. The topological polar surface area (TPSA) is 105 Å². The van der Waals surface area contributed by atoms with Gasteiger partial charge in [0.05, 0.1) is 9.79 Å². The number of esters is 2. The summed E-state index contributed by atoms with van der Waals surface area (Å²) in [7, 11) is -3.78. The molecule has 0 N–H and O–H groups in total. The average molecular weight is 479 g/mol. The zero-order valence-electron chi connectivity index (χ0n) is 19.7. The van der Waals surface area contributed by atoms with Gasteiger partial charge in [0.2, 0.25) is 9.84 Å². The van der Waals surface area contributed by atoms with Crippen molar-refractivity contribution >= 4 is 21.8 Å². The van der Waals surface area contributed by atoms with E-state index in [1.165, 1.54) is 48.5 Å². The third-order valence-electron chi connectivity index (χ3n) is 3.82. The fourth-order valence-electron chi connectivity index (χ4n) is 2.59. The maximum Gasteiger partial charge on any atom is 0.344 e. The Hall–Kier alpha value is -3.07. The van der Waals surface area contributed by atoms with E-state index in [9.17, 15) is 18.0 Å². The van der Waals surface area contributed by atoms with Crippen LogP contribution < -0.4 is 9.47 Å². The lowest BCUT2D eigenvalue weighted by atomic mass is 10.2. The number of carbonyl (C=O) groups excluding carboxylic acids is 2. The highest BCUT2D eigenvalue weighted by Crippen LogP contribution is 2.25. The highest BCUT2D eigenvalue weighted by atomic mass is 32.2. The van der Waals surface area contributed by atoms with Crippen molar-refractivity contribution < 1.29 is 37.0 Å². The monoisotopic (exact) mass is 478 g/mol. The van der Waals surface area contributed by atoms with Crippen LogP contribution in [0.2, 0.25) is 0 Å². The summed E-state index contributed by atoms with van der Waals surface area (Å²) in [6.45, 7) is 9.96. The lowest BCUT2D eigenvalue weighted by Gasteiger charge is -2.19. The van der Waals surface area contributed by atoms with Gasteiger partial charge < -0.3 is 18.9 Å². The van der Waals surface area contributed by atoms with Crippen LogP contribution in [0.4, 0.5) is 0 Å². The summed E-state index contributed by atoms with van der Waals surface area (Å²) in [5.41, 5.74) is -1.23. The van der Waals surface area contributed by atoms with Gasteiger partial charge in [0.15, 0.2) is 13.2 Å². The van der Waals surface area contributed by atoms with E-state index < -0.39 is 33.0 Å². The van der Waals surface area contributed by atoms with Crippen molar-refractivity contribution in [2.24, 2.45) is 0 Å². The molecule has 0 aliphatic heterocycles. The van der Waals surface area contributed by atoms with Gasteiger partial charge in [0.1, 0.15) is 22.7 Å². The average Bonchev–Trinajstić information content (AvgIpc) is 2.69. The van der Waals surface area contributed by atoms with Crippen LogP contribution >= 0.6 is 0 Å². The van der Waals surface area contributed by atoms with Crippen molar-refractivity contribution in [2.75, 3.05) is 13.2 Å². The number of hydrogen-bond donors (Lipinski definition) is 0. The van der Waals surface area contributed by atoms with Crippen molar-refractivity contribution in [3.8, 4) is 11.5 Å². The molecule has 33 heavy (non-hydrogen) atoms. The van der Waals surface area contributed by atoms with E-state index in [2.05, 4.69) is 0 Å². The van der Waals surface area contributed by atoms with Crippen LogP contribution in [0.25, 0.3) is 0 Å². The van der Waals surface area contributed by atoms with Gasteiger partial charge in [0, 0.05) is 0 Å². The Bertz CT molecular complexity index is 976. The van der Waals surface area contributed by atoms with Gasteiger partial charge in [-0.05, 0) is 90.1 Å². The molecule has 0 aliphatic carbocycles. The Labute approximate surface area is 194 Å². The Kier molecular flexibility index (Phi) is 8.13. The van der Waals surface area contributed by atoms with E-state index in [1.807, 2.05) is 0 Å². The minimum atomic E-state index is -3.78. The van der Waals surface area contributed by atoms with Crippen molar-refractivity contribution in [3.05, 3.63) is 48.5 Å². The summed E-state index contributed by atoms with van der Waals surface area (Å²) in [6.07, 6.45) is 0. The molecular weight excluding hydrogens is 448 g/mol. The van der Waals surface area contributed by atoms with Crippen LogP contribution in [-0.2, 0) is 28.9 Å². The first-order chi connectivity index (χ1) is 15.2. The van der Waals surface area contributed by atoms with Crippen molar-refractivity contribution in [1.82, 2.24) is 0 Å². The third-order valence-corrected chi connectivity index (χ3v) is 5.61. The first-order valence-corrected chi connectivity index (χ1v) is 11.8. The fraction of sp³-hybridized carbons (Fsp3) is 0.417. The smallest absolute Gasteiger partial charge is 0.344 e. The van der Waals surface area contributed by atoms with Crippen LogP contribution in [0, 0.1) is 0 Å². The van der Waals surface area contributed by atoms with E-state index in [1.54, 1.807) is 41.5 Å². The highest BCUT2D eigenvalue weighted by molar-refractivity contribution is 7.91. The van der Waals surface area contributed by atoms with Gasteiger partial charge >= 0.3 is 11.9 Å². The molecule has 0 amide bonds. The lowest BCUT2D eigenvalue weighted by Crippen LogP contribution is -2.27. The first kappa shape index (κ1) is 26.2. The molecule has 0 aliphatic rings. The number of rotatable bonds is 8. The Morgan fingerprint density at radius 1 is 0.636 bits per heavy atom. The molecule has 0 spiro atoms. The highest BCUT2D eigenvalue weighted by Gasteiger charge is 2.20. The van der Waals surface area contributed by atoms with E-state index in [4.69, 9.17) is 18.9 Å². The van der Waals surface area contributed by atoms with Gasteiger partial charge in [0.25, 0.3) is 0 Å². The molecule has 0 saturated heterocycles. The van der Waals surface area contributed by atoms with Crippen LogP contribution in [0.1, 0.15) is 41.5 Å². The quantitative estimate of drug-likeness (QED) is 0.525. The summed E-state index contributed by atoms with van der Waals surface area (Å²) >= 11 is 0. The molecule has 0 aromatic heterocycles.